The van der Waals surface area contributed by atoms with Crippen LogP contribution in [0.25, 0.3) is 17.1 Å². The maximum Gasteiger partial charge on any atom is 0.203 e. The van der Waals surface area contributed by atoms with Gasteiger partial charge in [0.1, 0.15) is 0 Å². The molecule has 0 atom stereocenters. The van der Waals surface area contributed by atoms with Crippen LogP contribution < -0.4 is 14.2 Å². The Labute approximate surface area is 206 Å². The van der Waals surface area contributed by atoms with Crippen LogP contribution in [-0.2, 0) is 5.75 Å². The Kier molecular flexibility index (Phi) is 7.33. The van der Waals surface area contributed by atoms with E-state index in [9.17, 15) is 0 Å². The van der Waals surface area contributed by atoms with E-state index in [1.807, 2.05) is 65.2 Å². The number of hydrogen-bond acceptors (Lipinski definition) is 6. The molecular weight excluding hydrogens is 481 g/mol. The highest BCUT2D eigenvalue weighted by Crippen LogP contribution is 2.42. The fourth-order valence-electron chi connectivity index (χ4n) is 3.31. The highest BCUT2D eigenvalue weighted by Gasteiger charge is 2.21. The molecule has 1 aromatic heterocycles. The van der Waals surface area contributed by atoms with Crippen molar-refractivity contribution in [3.05, 3.63) is 76.3 Å². The van der Waals surface area contributed by atoms with Gasteiger partial charge in [-0.15, -0.1) is 10.2 Å². The lowest BCUT2D eigenvalue weighted by molar-refractivity contribution is 0.324. The van der Waals surface area contributed by atoms with E-state index >= 15 is 0 Å². The molecule has 4 aromatic rings. The molecule has 1 heterocycles. The van der Waals surface area contributed by atoms with Gasteiger partial charge in [0.05, 0.1) is 21.3 Å². The Morgan fingerprint density at radius 3 is 1.91 bits per heavy atom. The molecule has 9 heteroatoms. The van der Waals surface area contributed by atoms with Crippen LogP contribution >= 0.6 is 35.0 Å². The Balaban J connectivity index is 1.80. The molecule has 4 rings (SSSR count). The lowest BCUT2D eigenvalue weighted by Crippen LogP contribution is -2.01. The van der Waals surface area contributed by atoms with Crippen LogP contribution in [0.4, 0.5) is 0 Å². The molecule has 0 bridgehead atoms. The fraction of sp³-hybridized carbons (Fsp3) is 0.167. The van der Waals surface area contributed by atoms with E-state index in [2.05, 4.69) is 10.2 Å². The highest BCUT2D eigenvalue weighted by molar-refractivity contribution is 7.98. The smallest absolute Gasteiger partial charge is 0.203 e. The van der Waals surface area contributed by atoms with Crippen molar-refractivity contribution in [3.63, 3.8) is 0 Å². The molecular formula is C24H21Cl2N3O3S. The Hall–Kier alpha value is -2.87. The number of halogens is 2. The molecule has 0 aliphatic carbocycles. The molecule has 33 heavy (non-hydrogen) atoms. The summed E-state index contributed by atoms with van der Waals surface area (Å²) in [5, 5.41) is 11.1. The average Bonchev–Trinajstić information content (AvgIpc) is 3.27. The van der Waals surface area contributed by atoms with E-state index in [0.29, 0.717) is 38.9 Å². The van der Waals surface area contributed by atoms with Gasteiger partial charge in [-0.2, -0.15) is 0 Å². The number of rotatable bonds is 8. The summed E-state index contributed by atoms with van der Waals surface area (Å²) in [4.78, 5) is 0. The zero-order valence-corrected chi connectivity index (χ0v) is 20.5. The molecule has 0 aliphatic rings. The molecule has 170 valence electrons. The molecule has 3 aromatic carbocycles. The van der Waals surface area contributed by atoms with Gasteiger partial charge < -0.3 is 14.2 Å². The minimum atomic E-state index is 0.513. The van der Waals surface area contributed by atoms with Crippen molar-refractivity contribution in [2.24, 2.45) is 0 Å². The second kappa shape index (κ2) is 10.4. The van der Waals surface area contributed by atoms with Crippen LogP contribution in [0.3, 0.4) is 0 Å². The summed E-state index contributed by atoms with van der Waals surface area (Å²) >= 11 is 13.7. The second-order valence-electron chi connectivity index (χ2n) is 6.95. The number of ether oxygens (including phenoxy) is 3. The molecule has 0 radical (unpaired) electrons. The standard InChI is InChI=1S/C24H21Cl2N3O3S/c1-30-20-12-16(13-21(31-2)22(20)32-3)23-27-28-24(29(23)19-10-8-18(26)9-11-19)33-14-15-4-6-17(25)7-5-15/h4-13H,14H2,1-3H3. The SMILES string of the molecule is COc1cc(-c2nnc(SCc3ccc(Cl)cc3)n2-c2ccc(Cl)cc2)cc(OC)c1OC. The Bertz CT molecular complexity index is 1220. The van der Waals surface area contributed by atoms with Crippen molar-refractivity contribution in [1.82, 2.24) is 14.8 Å². The Morgan fingerprint density at radius 2 is 1.36 bits per heavy atom. The first-order valence-electron chi connectivity index (χ1n) is 9.93. The van der Waals surface area contributed by atoms with Gasteiger partial charge >= 0.3 is 0 Å². The summed E-state index contributed by atoms with van der Waals surface area (Å²) in [7, 11) is 4.73. The quantitative estimate of drug-likeness (QED) is 0.255. The minimum Gasteiger partial charge on any atom is -0.493 e. The Morgan fingerprint density at radius 1 is 0.788 bits per heavy atom. The van der Waals surface area contributed by atoms with Crippen molar-refractivity contribution in [3.8, 4) is 34.3 Å². The third-order valence-corrected chi connectivity index (χ3v) is 6.43. The monoisotopic (exact) mass is 501 g/mol. The first-order valence-corrected chi connectivity index (χ1v) is 11.7. The van der Waals surface area contributed by atoms with Crippen molar-refractivity contribution < 1.29 is 14.2 Å². The van der Waals surface area contributed by atoms with Gasteiger partial charge in [-0.1, -0.05) is 47.1 Å². The lowest BCUT2D eigenvalue weighted by Gasteiger charge is -2.15. The first-order chi connectivity index (χ1) is 16.0. The van der Waals surface area contributed by atoms with Crippen LogP contribution in [0, 0.1) is 0 Å². The van der Waals surface area contributed by atoms with Crippen molar-refractivity contribution in [2.75, 3.05) is 21.3 Å². The molecule has 0 amide bonds. The summed E-state index contributed by atoms with van der Waals surface area (Å²) in [6.07, 6.45) is 0. The number of thioether (sulfide) groups is 1. The van der Waals surface area contributed by atoms with E-state index < -0.39 is 0 Å². The van der Waals surface area contributed by atoms with Crippen LogP contribution in [0.1, 0.15) is 5.56 Å². The molecule has 0 N–H and O–H groups in total. The summed E-state index contributed by atoms with van der Waals surface area (Å²) < 4.78 is 18.5. The van der Waals surface area contributed by atoms with Crippen molar-refractivity contribution in [1.29, 1.82) is 0 Å². The molecule has 0 fully saturated rings. The topological polar surface area (TPSA) is 58.4 Å². The molecule has 0 aliphatic heterocycles. The minimum absolute atomic E-state index is 0.513. The lowest BCUT2D eigenvalue weighted by atomic mass is 10.1. The van der Waals surface area contributed by atoms with Gasteiger partial charge in [0.2, 0.25) is 5.75 Å². The van der Waals surface area contributed by atoms with Crippen molar-refractivity contribution >= 4 is 35.0 Å². The van der Waals surface area contributed by atoms with E-state index in [1.54, 1.807) is 33.1 Å². The van der Waals surface area contributed by atoms with Gasteiger partial charge in [-0.05, 0) is 54.1 Å². The summed E-state index contributed by atoms with van der Waals surface area (Å²) in [6.45, 7) is 0. The number of methoxy groups -OCH3 is 3. The first kappa shape index (κ1) is 23.3. The number of hydrogen-bond donors (Lipinski definition) is 0. The van der Waals surface area contributed by atoms with Gasteiger partial charge in [0.15, 0.2) is 22.5 Å². The van der Waals surface area contributed by atoms with Gasteiger partial charge in [-0.3, -0.25) is 4.57 Å². The normalized spacial score (nSPS) is 10.8. The second-order valence-corrected chi connectivity index (χ2v) is 8.76. The van der Waals surface area contributed by atoms with Crippen LogP contribution in [0.15, 0.2) is 65.8 Å². The number of aromatic nitrogens is 3. The van der Waals surface area contributed by atoms with E-state index in [1.165, 1.54) is 0 Å². The largest absolute Gasteiger partial charge is 0.493 e. The third kappa shape index (κ3) is 5.05. The molecule has 0 saturated heterocycles. The average molecular weight is 502 g/mol. The fourth-order valence-corrected chi connectivity index (χ4v) is 4.47. The van der Waals surface area contributed by atoms with Crippen molar-refractivity contribution in [2.45, 2.75) is 10.9 Å². The highest BCUT2D eigenvalue weighted by atomic mass is 35.5. The third-order valence-electron chi connectivity index (χ3n) is 4.92. The maximum absolute atomic E-state index is 6.13. The van der Waals surface area contributed by atoms with Crippen LogP contribution in [0.5, 0.6) is 17.2 Å². The number of nitrogens with zero attached hydrogens (tertiary/aromatic N) is 3. The molecule has 6 nitrogen and oxygen atoms in total. The molecule has 0 unspecified atom stereocenters. The predicted octanol–water partition coefficient (Wildman–Crippen LogP) is 6.56. The molecule has 0 saturated carbocycles. The van der Waals surface area contributed by atoms with Crippen LogP contribution in [-0.4, -0.2) is 36.1 Å². The van der Waals surface area contributed by atoms with E-state index in [4.69, 9.17) is 37.4 Å². The zero-order valence-electron chi connectivity index (χ0n) is 18.2. The van der Waals surface area contributed by atoms with E-state index in [0.717, 1.165) is 22.0 Å². The molecule has 0 spiro atoms. The summed E-state index contributed by atoms with van der Waals surface area (Å²) in [5.74, 6) is 2.92. The van der Waals surface area contributed by atoms with Gasteiger partial charge in [0.25, 0.3) is 0 Å². The number of benzene rings is 3. The zero-order chi connectivity index (χ0) is 23.4. The van der Waals surface area contributed by atoms with Gasteiger partial charge in [0, 0.05) is 27.0 Å². The predicted molar refractivity (Wildman–Crippen MR) is 132 cm³/mol. The summed E-state index contributed by atoms with van der Waals surface area (Å²) in [6, 6.07) is 19.0. The summed E-state index contributed by atoms with van der Waals surface area (Å²) in [5.41, 5.74) is 2.78. The van der Waals surface area contributed by atoms with E-state index in [-0.39, 0.29) is 0 Å². The van der Waals surface area contributed by atoms with Gasteiger partial charge in [-0.25, -0.2) is 0 Å². The maximum atomic E-state index is 6.13. The van der Waals surface area contributed by atoms with Crippen LogP contribution in [0.2, 0.25) is 10.0 Å².